The summed E-state index contributed by atoms with van der Waals surface area (Å²) < 4.78 is 43.5. The topological polar surface area (TPSA) is 90.6 Å². The molecule has 10 heteroatoms. The summed E-state index contributed by atoms with van der Waals surface area (Å²) in [5.74, 6) is 1.16. The number of nitrogens with zero attached hydrogens (tertiary/aromatic N) is 4. The van der Waals surface area contributed by atoms with Crippen molar-refractivity contribution in [2.75, 3.05) is 37.5 Å². The number of hydrogen-bond donors (Lipinski definition) is 1. The van der Waals surface area contributed by atoms with Crippen molar-refractivity contribution in [2.45, 2.75) is 37.6 Å². The van der Waals surface area contributed by atoms with Crippen molar-refractivity contribution in [2.24, 2.45) is 7.05 Å². The third-order valence-corrected chi connectivity index (χ3v) is 10.9. The van der Waals surface area contributed by atoms with E-state index >= 15 is 0 Å². The molecule has 1 aliphatic rings. The summed E-state index contributed by atoms with van der Waals surface area (Å²) in [4.78, 5) is 7.30. The summed E-state index contributed by atoms with van der Waals surface area (Å²) in [7, 11) is 1.09. The molecule has 1 saturated heterocycles. The average Bonchev–Trinajstić information content (AvgIpc) is 3.65. The first kappa shape index (κ1) is 30.7. The molecule has 0 saturated carbocycles. The number of fused-ring (bicyclic) bond motifs is 2. The van der Waals surface area contributed by atoms with Gasteiger partial charge >= 0.3 is 0 Å². The summed E-state index contributed by atoms with van der Waals surface area (Å²) in [5, 5.41) is 5.14. The second kappa shape index (κ2) is 12.3. The molecule has 0 unspecified atom stereocenters. The Morgan fingerprint density at radius 2 is 1.55 bits per heavy atom. The summed E-state index contributed by atoms with van der Waals surface area (Å²) in [6.07, 6.45) is 7.40. The Kier molecular flexibility index (Phi) is 8.05. The van der Waals surface area contributed by atoms with E-state index in [1.807, 2.05) is 61.1 Å². The number of rotatable bonds is 9. The molecule has 0 spiro atoms. The van der Waals surface area contributed by atoms with E-state index < -0.39 is 10.0 Å². The van der Waals surface area contributed by atoms with Crippen molar-refractivity contribution >= 4 is 43.3 Å². The number of ether oxygens (including phenoxy) is 2. The minimum absolute atomic E-state index is 0.195. The van der Waals surface area contributed by atoms with Crippen LogP contribution in [-0.4, -0.2) is 49.3 Å². The molecule has 1 fully saturated rings. The summed E-state index contributed by atoms with van der Waals surface area (Å²) in [6.45, 7) is 4.64. The van der Waals surface area contributed by atoms with Gasteiger partial charge in [-0.1, -0.05) is 17.7 Å². The molecule has 242 valence electrons. The molecule has 9 nitrogen and oxygen atoms in total. The van der Waals surface area contributed by atoms with Crippen LogP contribution in [-0.2, 0) is 23.6 Å². The van der Waals surface area contributed by atoms with Gasteiger partial charge in [-0.3, -0.25) is 0 Å². The van der Waals surface area contributed by atoms with Gasteiger partial charge < -0.3 is 24.3 Å². The normalized spacial score (nSPS) is 13.7. The van der Waals surface area contributed by atoms with Gasteiger partial charge in [0.1, 0.15) is 0 Å². The lowest BCUT2D eigenvalue weighted by atomic mass is 10.1. The number of nitrogens with one attached hydrogen (secondary N) is 1. The fraction of sp³-hybridized carbons (Fsp3) is 0.270. The maximum atomic E-state index is 14.5. The minimum atomic E-state index is -4.04. The number of anilines is 2. The quantitative estimate of drug-likeness (QED) is 0.175. The van der Waals surface area contributed by atoms with Crippen molar-refractivity contribution in [3.8, 4) is 22.8 Å². The Bertz CT molecular complexity index is 2180. The lowest BCUT2D eigenvalue weighted by Gasteiger charge is -2.28. The van der Waals surface area contributed by atoms with E-state index in [9.17, 15) is 8.42 Å². The number of pyridine rings is 1. The first-order valence-corrected chi connectivity index (χ1v) is 17.3. The van der Waals surface area contributed by atoms with Gasteiger partial charge in [-0.05, 0) is 86.3 Å². The Hall–Kier alpha value is -4.96. The minimum Gasteiger partial charge on any atom is -0.493 e. The number of aromatic nitrogens is 3. The van der Waals surface area contributed by atoms with Crippen LogP contribution in [0.25, 0.3) is 33.2 Å². The first-order chi connectivity index (χ1) is 22.8. The monoisotopic (exact) mass is 649 g/mol. The largest absolute Gasteiger partial charge is 0.493 e. The second-order valence-electron chi connectivity index (χ2n) is 12.1. The van der Waals surface area contributed by atoms with Crippen molar-refractivity contribution in [1.82, 2.24) is 13.5 Å². The summed E-state index contributed by atoms with van der Waals surface area (Å²) >= 11 is 0. The molecule has 6 aromatic rings. The lowest BCUT2D eigenvalue weighted by Crippen LogP contribution is -2.29. The second-order valence-corrected chi connectivity index (χ2v) is 13.9. The molecule has 0 aliphatic carbocycles. The Labute approximate surface area is 275 Å². The van der Waals surface area contributed by atoms with Crippen molar-refractivity contribution in [1.29, 1.82) is 0 Å². The number of benzene rings is 3. The molecule has 4 heterocycles. The molecule has 1 N–H and O–H groups in total. The van der Waals surface area contributed by atoms with Gasteiger partial charge in [-0.15, -0.1) is 0 Å². The first-order valence-electron chi connectivity index (χ1n) is 15.9. The highest BCUT2D eigenvalue weighted by atomic mass is 32.2. The average molecular weight is 650 g/mol. The predicted molar refractivity (Wildman–Crippen MR) is 188 cm³/mol. The predicted octanol–water partition coefficient (Wildman–Crippen LogP) is 7.36. The van der Waals surface area contributed by atoms with Crippen molar-refractivity contribution < 1.29 is 17.9 Å². The summed E-state index contributed by atoms with van der Waals surface area (Å²) in [6, 6.07) is 23.2. The fourth-order valence-corrected chi connectivity index (χ4v) is 8.06. The van der Waals surface area contributed by atoms with Crippen LogP contribution in [0.5, 0.6) is 11.5 Å². The van der Waals surface area contributed by atoms with Crippen LogP contribution in [0.1, 0.15) is 30.4 Å². The highest BCUT2D eigenvalue weighted by Crippen LogP contribution is 2.41. The Morgan fingerprint density at radius 3 is 2.26 bits per heavy atom. The maximum Gasteiger partial charge on any atom is 0.269 e. The van der Waals surface area contributed by atoms with Crippen LogP contribution in [0.15, 0.2) is 90.1 Å². The smallest absolute Gasteiger partial charge is 0.269 e. The molecule has 3 aromatic heterocycles. The van der Waals surface area contributed by atoms with Gasteiger partial charge in [0.25, 0.3) is 10.0 Å². The maximum absolute atomic E-state index is 14.5. The highest BCUT2D eigenvalue weighted by Gasteiger charge is 2.28. The van der Waals surface area contributed by atoms with E-state index in [1.165, 1.54) is 28.9 Å². The molecule has 7 rings (SSSR count). The van der Waals surface area contributed by atoms with Crippen LogP contribution in [0, 0.1) is 6.92 Å². The van der Waals surface area contributed by atoms with E-state index in [1.54, 1.807) is 32.5 Å². The van der Waals surface area contributed by atoms with E-state index in [-0.39, 0.29) is 4.90 Å². The van der Waals surface area contributed by atoms with Crippen LogP contribution in [0.3, 0.4) is 0 Å². The van der Waals surface area contributed by atoms with Gasteiger partial charge in [0.15, 0.2) is 17.1 Å². The van der Waals surface area contributed by atoms with Gasteiger partial charge in [-0.2, -0.15) is 0 Å². The van der Waals surface area contributed by atoms with E-state index in [2.05, 4.69) is 39.5 Å². The molecule has 0 bridgehead atoms. The van der Waals surface area contributed by atoms with Crippen LogP contribution in [0.4, 0.5) is 11.4 Å². The lowest BCUT2D eigenvalue weighted by molar-refractivity contribution is 0.355. The van der Waals surface area contributed by atoms with Gasteiger partial charge in [0.05, 0.1) is 30.3 Å². The van der Waals surface area contributed by atoms with Crippen LogP contribution >= 0.6 is 0 Å². The molecule has 0 radical (unpaired) electrons. The zero-order chi connectivity index (χ0) is 32.7. The van der Waals surface area contributed by atoms with Crippen molar-refractivity contribution in [3.05, 3.63) is 96.3 Å². The van der Waals surface area contributed by atoms with Crippen LogP contribution < -0.4 is 19.7 Å². The van der Waals surface area contributed by atoms with Gasteiger partial charge in [0.2, 0.25) is 0 Å². The third-order valence-electron chi connectivity index (χ3n) is 9.15. The Morgan fingerprint density at radius 1 is 0.851 bits per heavy atom. The molecule has 0 amide bonds. The molecule has 1 aliphatic heterocycles. The fourth-order valence-electron chi connectivity index (χ4n) is 6.58. The zero-order valence-electron chi connectivity index (χ0n) is 27.2. The molecule has 0 atom stereocenters. The number of aryl methyl sites for hydroxylation is 2. The van der Waals surface area contributed by atoms with Gasteiger partial charge in [-0.25, -0.2) is 17.4 Å². The molecular weight excluding hydrogens is 611 g/mol. The SMILES string of the molecule is COc1cc2c(-c3cc4c(CNc5ccc(N6CCCCC6)cc5)ccnc4n3S(=O)(=O)c3ccc(C)cc3)cn(C)c2cc1OC. The van der Waals surface area contributed by atoms with E-state index in [0.29, 0.717) is 29.4 Å². The standard InChI is InChI=1S/C37H39N5O4S/c1-25-8-14-29(15-9-25)47(43,44)42-34(32-24-40(2)33-22-36(46-4)35(45-3)21-31(32)33)20-30-26(16-17-38-37(30)42)23-39-27-10-12-28(13-11-27)41-18-6-5-7-19-41/h8-17,20-22,24,39H,5-7,18-19,23H2,1-4H3. The third kappa shape index (κ3) is 5.56. The highest BCUT2D eigenvalue weighted by molar-refractivity contribution is 7.90. The molecular formula is C37H39N5O4S. The van der Waals surface area contributed by atoms with Crippen LogP contribution in [0.2, 0.25) is 0 Å². The Balaban J connectivity index is 1.34. The van der Waals surface area contributed by atoms with Gasteiger partial charge in [0, 0.05) is 72.9 Å². The number of hydrogen-bond acceptors (Lipinski definition) is 7. The van der Waals surface area contributed by atoms with E-state index in [4.69, 9.17) is 9.47 Å². The molecule has 47 heavy (non-hydrogen) atoms. The van der Waals surface area contributed by atoms with E-state index in [0.717, 1.165) is 51.8 Å². The number of piperidine rings is 1. The van der Waals surface area contributed by atoms with Crippen molar-refractivity contribution in [3.63, 3.8) is 0 Å². The zero-order valence-corrected chi connectivity index (χ0v) is 28.0. The molecule has 3 aromatic carbocycles. The summed E-state index contributed by atoms with van der Waals surface area (Å²) in [5.41, 5.74) is 6.67. The number of methoxy groups -OCH3 is 2.